The molecule has 2 bridgehead atoms. The molecule has 30 heavy (non-hydrogen) atoms. The first-order valence-electron chi connectivity index (χ1n) is 11.3. The van der Waals surface area contributed by atoms with Gasteiger partial charge in [-0.05, 0) is 71.3 Å². The van der Waals surface area contributed by atoms with E-state index in [0.717, 1.165) is 50.9 Å². The molecule has 1 saturated carbocycles. The molecule has 1 amide bonds. The molecule has 1 aromatic heterocycles. The summed E-state index contributed by atoms with van der Waals surface area (Å²) in [6.45, 7) is 7.60. The molecule has 0 aromatic carbocycles. The molecule has 7 heteroatoms. The second-order valence-corrected chi connectivity index (χ2v) is 9.75. The Bertz CT molecular complexity index is 727. The Hall–Kier alpha value is -1.86. The van der Waals surface area contributed by atoms with Crippen LogP contribution in [0.4, 0.5) is 4.79 Å². The zero-order valence-corrected chi connectivity index (χ0v) is 18.4. The van der Waals surface area contributed by atoms with Gasteiger partial charge in [0, 0.05) is 18.3 Å². The lowest BCUT2D eigenvalue weighted by Crippen LogP contribution is -2.58. The summed E-state index contributed by atoms with van der Waals surface area (Å²) in [6.07, 6.45) is 7.92. The van der Waals surface area contributed by atoms with Crippen molar-refractivity contribution in [2.24, 2.45) is 0 Å². The summed E-state index contributed by atoms with van der Waals surface area (Å²) in [4.78, 5) is 19.3. The number of carbonyl (C=O) groups excluding carboxylic acids is 1. The molecule has 1 aromatic rings. The standard InChI is InChI=1S/C23H35N3O4/c1-23(2,3)30-22(27)25-19-7-5-13-26-15-29-21-18(6-4-12-24-21)16-8-10-17(11-9-16)28-14-20(19)26/h4,6,12,16-17,19-20H,5,7-11,13-15H2,1-3H3,(H,25,27)/t16-,17+,19?,20?. The third-order valence-electron chi connectivity index (χ3n) is 6.38. The number of ether oxygens (including phenoxy) is 3. The second-order valence-electron chi connectivity index (χ2n) is 9.75. The lowest BCUT2D eigenvalue weighted by atomic mass is 9.83. The lowest BCUT2D eigenvalue weighted by molar-refractivity contribution is -0.0516. The monoisotopic (exact) mass is 417 g/mol. The minimum atomic E-state index is -0.515. The predicted octanol–water partition coefficient (Wildman–Crippen LogP) is 3.83. The Morgan fingerprint density at radius 2 is 2.03 bits per heavy atom. The summed E-state index contributed by atoms with van der Waals surface area (Å²) in [5.41, 5.74) is 0.701. The summed E-state index contributed by atoms with van der Waals surface area (Å²) in [6, 6.07) is 4.18. The number of amides is 1. The highest BCUT2D eigenvalue weighted by Gasteiger charge is 2.36. The zero-order valence-electron chi connectivity index (χ0n) is 18.4. The predicted molar refractivity (Wildman–Crippen MR) is 114 cm³/mol. The van der Waals surface area contributed by atoms with Crippen molar-refractivity contribution in [1.29, 1.82) is 0 Å². The van der Waals surface area contributed by atoms with E-state index in [0.29, 0.717) is 19.3 Å². The Balaban J connectivity index is 1.52. The van der Waals surface area contributed by atoms with Crippen LogP contribution >= 0.6 is 0 Å². The van der Waals surface area contributed by atoms with Crippen LogP contribution in [0.3, 0.4) is 0 Å². The Kier molecular flexibility index (Phi) is 6.48. The van der Waals surface area contributed by atoms with E-state index in [1.807, 2.05) is 26.8 Å². The third kappa shape index (κ3) is 5.24. The molecule has 0 radical (unpaired) electrons. The van der Waals surface area contributed by atoms with Crippen LogP contribution in [0, 0.1) is 0 Å². The molecule has 2 atom stereocenters. The van der Waals surface area contributed by atoms with Crippen molar-refractivity contribution in [3.8, 4) is 5.88 Å². The van der Waals surface area contributed by atoms with Crippen molar-refractivity contribution in [2.75, 3.05) is 19.9 Å². The number of pyridine rings is 1. The van der Waals surface area contributed by atoms with Gasteiger partial charge in [-0.25, -0.2) is 9.78 Å². The molecule has 0 spiro atoms. The lowest BCUT2D eigenvalue weighted by Gasteiger charge is -2.42. The van der Waals surface area contributed by atoms with E-state index in [1.165, 1.54) is 5.56 Å². The van der Waals surface area contributed by atoms with E-state index < -0.39 is 5.60 Å². The van der Waals surface area contributed by atoms with Gasteiger partial charge in [0.05, 0.1) is 24.8 Å². The number of hydrogen-bond acceptors (Lipinski definition) is 6. The van der Waals surface area contributed by atoms with Crippen LogP contribution in [-0.4, -0.2) is 59.6 Å². The van der Waals surface area contributed by atoms with E-state index in [2.05, 4.69) is 21.3 Å². The van der Waals surface area contributed by atoms with Gasteiger partial charge in [-0.3, -0.25) is 4.90 Å². The molecule has 2 unspecified atom stereocenters. The van der Waals surface area contributed by atoms with Gasteiger partial charge in [0.2, 0.25) is 5.88 Å². The fraction of sp³-hybridized carbons (Fsp3) is 0.739. The first-order valence-corrected chi connectivity index (χ1v) is 11.3. The summed E-state index contributed by atoms with van der Waals surface area (Å²) in [5.74, 6) is 1.25. The average molecular weight is 418 g/mol. The quantitative estimate of drug-likeness (QED) is 0.749. The van der Waals surface area contributed by atoms with Gasteiger partial charge in [0.15, 0.2) is 0 Å². The second kappa shape index (κ2) is 9.10. The van der Waals surface area contributed by atoms with Crippen molar-refractivity contribution in [3.63, 3.8) is 0 Å². The third-order valence-corrected chi connectivity index (χ3v) is 6.38. The Morgan fingerprint density at radius 1 is 1.23 bits per heavy atom. The summed E-state index contributed by atoms with van der Waals surface area (Å²) < 4.78 is 18.1. The average Bonchev–Trinajstić information content (AvgIpc) is 2.69. The number of hydrogen-bond donors (Lipinski definition) is 1. The molecule has 5 rings (SSSR count). The van der Waals surface area contributed by atoms with E-state index in [4.69, 9.17) is 14.2 Å². The van der Waals surface area contributed by atoms with Gasteiger partial charge in [-0.15, -0.1) is 0 Å². The van der Waals surface area contributed by atoms with Crippen LogP contribution in [0.1, 0.15) is 70.8 Å². The topological polar surface area (TPSA) is 72.9 Å². The molecule has 7 nitrogen and oxygen atoms in total. The van der Waals surface area contributed by atoms with Crippen molar-refractivity contribution in [1.82, 2.24) is 15.2 Å². The minimum absolute atomic E-state index is 0.0281. The van der Waals surface area contributed by atoms with Crippen LogP contribution in [0.5, 0.6) is 5.88 Å². The molecule has 3 aliphatic heterocycles. The highest BCUT2D eigenvalue weighted by molar-refractivity contribution is 5.68. The van der Waals surface area contributed by atoms with Gasteiger partial charge in [0.1, 0.15) is 12.3 Å². The summed E-state index contributed by atoms with van der Waals surface area (Å²) in [5, 5.41) is 3.09. The fourth-order valence-electron chi connectivity index (χ4n) is 4.89. The highest BCUT2D eigenvalue weighted by Crippen LogP contribution is 2.38. The molecule has 166 valence electrons. The number of fused-ring (bicyclic) bond motifs is 4. The molecule has 1 N–H and O–H groups in total. The van der Waals surface area contributed by atoms with Gasteiger partial charge in [-0.2, -0.15) is 0 Å². The van der Waals surface area contributed by atoms with Crippen LogP contribution < -0.4 is 10.1 Å². The molecule has 4 aliphatic rings. The number of rotatable bonds is 1. The maximum atomic E-state index is 12.4. The van der Waals surface area contributed by atoms with Crippen LogP contribution in [0.15, 0.2) is 18.3 Å². The normalized spacial score (nSPS) is 30.1. The van der Waals surface area contributed by atoms with E-state index in [9.17, 15) is 4.79 Å². The van der Waals surface area contributed by atoms with E-state index in [-0.39, 0.29) is 24.3 Å². The largest absolute Gasteiger partial charge is 0.461 e. The zero-order chi connectivity index (χ0) is 21.1. The number of nitrogens with one attached hydrogen (secondary N) is 1. The Labute approximate surface area is 179 Å². The summed E-state index contributed by atoms with van der Waals surface area (Å²) in [7, 11) is 0. The van der Waals surface area contributed by atoms with Gasteiger partial charge in [0.25, 0.3) is 0 Å². The maximum Gasteiger partial charge on any atom is 0.407 e. The van der Waals surface area contributed by atoms with Gasteiger partial charge < -0.3 is 19.5 Å². The van der Waals surface area contributed by atoms with Gasteiger partial charge >= 0.3 is 6.09 Å². The van der Waals surface area contributed by atoms with Crippen molar-refractivity contribution < 1.29 is 19.0 Å². The number of alkyl carbamates (subject to hydrolysis) is 1. The maximum absolute atomic E-state index is 12.4. The molecular formula is C23H35N3O4. The van der Waals surface area contributed by atoms with Crippen molar-refractivity contribution in [3.05, 3.63) is 23.9 Å². The van der Waals surface area contributed by atoms with Crippen molar-refractivity contribution in [2.45, 2.75) is 89.0 Å². The number of aromatic nitrogens is 1. The van der Waals surface area contributed by atoms with E-state index >= 15 is 0 Å². The molecule has 4 heterocycles. The van der Waals surface area contributed by atoms with Crippen molar-refractivity contribution >= 4 is 6.09 Å². The smallest absolute Gasteiger partial charge is 0.407 e. The number of carbonyl (C=O) groups is 1. The van der Waals surface area contributed by atoms with Gasteiger partial charge in [-0.1, -0.05) is 6.07 Å². The van der Waals surface area contributed by atoms with Crippen LogP contribution in [-0.2, 0) is 9.47 Å². The molecule has 2 fully saturated rings. The van der Waals surface area contributed by atoms with Crippen LogP contribution in [0.2, 0.25) is 0 Å². The van der Waals surface area contributed by atoms with E-state index in [1.54, 1.807) is 6.20 Å². The Morgan fingerprint density at radius 3 is 2.80 bits per heavy atom. The highest BCUT2D eigenvalue weighted by atomic mass is 16.6. The minimum Gasteiger partial charge on any atom is -0.461 e. The fourth-order valence-corrected chi connectivity index (χ4v) is 4.89. The molecule has 1 saturated heterocycles. The summed E-state index contributed by atoms with van der Waals surface area (Å²) >= 11 is 0. The first-order chi connectivity index (χ1) is 14.4. The number of nitrogens with zero attached hydrogens (tertiary/aromatic N) is 2. The first kappa shape index (κ1) is 21.4. The molecule has 1 aliphatic carbocycles. The SMILES string of the molecule is CC(C)(C)OC(=O)NC1CCCN2COc3ncccc3[C@H]3CC[C@H](CC3)OCC12. The van der Waals surface area contributed by atoms with Crippen LogP contribution in [0.25, 0.3) is 0 Å². The number of piperidine rings is 1. The molecular weight excluding hydrogens is 382 g/mol.